The highest BCUT2D eigenvalue weighted by molar-refractivity contribution is 5.68. The zero-order chi connectivity index (χ0) is 14.8. The lowest BCUT2D eigenvalue weighted by Gasteiger charge is -2.30. The molecule has 0 saturated carbocycles. The van der Waals surface area contributed by atoms with Crippen LogP contribution in [0, 0.1) is 0 Å². The predicted molar refractivity (Wildman–Crippen MR) is 81.2 cm³/mol. The fourth-order valence-electron chi connectivity index (χ4n) is 3.04. The van der Waals surface area contributed by atoms with Gasteiger partial charge in [0.25, 0.3) is 0 Å². The number of hydrogen-bond donors (Lipinski definition) is 1. The van der Waals surface area contributed by atoms with Crippen molar-refractivity contribution in [2.75, 3.05) is 20.1 Å². The molecule has 3 nitrogen and oxygen atoms in total. The fraction of sp³-hybridized carbons (Fsp3) is 0.588. The van der Waals surface area contributed by atoms with E-state index in [9.17, 15) is 4.79 Å². The van der Waals surface area contributed by atoms with Crippen molar-refractivity contribution in [3.8, 4) is 0 Å². The second-order valence-corrected chi connectivity index (χ2v) is 6.66. The number of aliphatic carboxylic acids is 1. The van der Waals surface area contributed by atoms with E-state index in [4.69, 9.17) is 5.11 Å². The minimum absolute atomic E-state index is 0.170. The summed E-state index contributed by atoms with van der Waals surface area (Å²) in [5.74, 6) is -0.119. The lowest BCUT2D eigenvalue weighted by Crippen LogP contribution is -2.29. The molecule has 0 bridgehead atoms. The maximum absolute atomic E-state index is 11.0. The van der Waals surface area contributed by atoms with Gasteiger partial charge in [0.2, 0.25) is 0 Å². The number of carboxylic acid groups (broad SMARTS) is 1. The Kier molecular flexibility index (Phi) is 4.48. The first-order chi connectivity index (χ1) is 9.38. The Morgan fingerprint density at radius 1 is 1.35 bits per heavy atom. The predicted octanol–water partition coefficient (Wildman–Crippen LogP) is 3.25. The van der Waals surface area contributed by atoms with Crippen LogP contribution in [-0.4, -0.2) is 36.1 Å². The highest BCUT2D eigenvalue weighted by atomic mass is 16.4. The van der Waals surface area contributed by atoms with E-state index >= 15 is 0 Å². The largest absolute Gasteiger partial charge is 0.481 e. The standard InChI is InChI=1S/C17H25NO2/c1-17(2,12-16(19)20)15-6-4-5-14(11-15)13-7-9-18(3)10-8-13/h4-6,11,13H,7-10,12H2,1-3H3,(H,19,20). The molecule has 1 aromatic rings. The van der Waals surface area contributed by atoms with Crippen LogP contribution in [0.2, 0.25) is 0 Å². The number of nitrogens with zero attached hydrogens (tertiary/aromatic N) is 1. The number of carboxylic acids is 1. The van der Waals surface area contributed by atoms with E-state index in [-0.39, 0.29) is 11.8 Å². The Bertz CT molecular complexity index is 474. The topological polar surface area (TPSA) is 40.5 Å². The average Bonchev–Trinajstić information content (AvgIpc) is 2.38. The summed E-state index contributed by atoms with van der Waals surface area (Å²) < 4.78 is 0. The van der Waals surface area contributed by atoms with Crippen molar-refractivity contribution < 1.29 is 9.90 Å². The van der Waals surface area contributed by atoms with Crippen LogP contribution in [0.15, 0.2) is 24.3 Å². The van der Waals surface area contributed by atoms with Gasteiger partial charge >= 0.3 is 5.97 Å². The first kappa shape index (κ1) is 15.0. The quantitative estimate of drug-likeness (QED) is 0.917. The van der Waals surface area contributed by atoms with Crippen molar-refractivity contribution in [3.05, 3.63) is 35.4 Å². The van der Waals surface area contributed by atoms with E-state index in [0.717, 1.165) is 18.7 Å². The van der Waals surface area contributed by atoms with E-state index in [2.05, 4.69) is 36.2 Å². The molecule has 0 spiro atoms. The third-order valence-corrected chi connectivity index (χ3v) is 4.45. The van der Waals surface area contributed by atoms with Gasteiger partial charge in [-0.2, -0.15) is 0 Å². The summed E-state index contributed by atoms with van der Waals surface area (Å²) in [6.45, 7) is 6.31. The number of hydrogen-bond acceptors (Lipinski definition) is 2. The van der Waals surface area contributed by atoms with Gasteiger partial charge in [0, 0.05) is 5.41 Å². The van der Waals surface area contributed by atoms with E-state index in [1.165, 1.54) is 18.4 Å². The Morgan fingerprint density at radius 3 is 2.60 bits per heavy atom. The molecule has 3 heteroatoms. The van der Waals surface area contributed by atoms with Crippen LogP contribution in [0.4, 0.5) is 0 Å². The molecule has 0 unspecified atom stereocenters. The van der Waals surface area contributed by atoms with Crippen LogP contribution >= 0.6 is 0 Å². The summed E-state index contributed by atoms with van der Waals surface area (Å²) >= 11 is 0. The zero-order valence-corrected chi connectivity index (χ0v) is 12.7. The lowest BCUT2D eigenvalue weighted by molar-refractivity contribution is -0.138. The molecule has 1 fully saturated rings. The molecule has 1 saturated heterocycles. The van der Waals surface area contributed by atoms with E-state index < -0.39 is 5.97 Å². The van der Waals surface area contributed by atoms with Crippen LogP contribution in [0.3, 0.4) is 0 Å². The smallest absolute Gasteiger partial charge is 0.304 e. The SMILES string of the molecule is CN1CCC(c2cccc(C(C)(C)CC(=O)O)c2)CC1. The minimum atomic E-state index is -0.736. The van der Waals surface area contributed by atoms with Gasteiger partial charge in [-0.3, -0.25) is 4.79 Å². The second-order valence-electron chi connectivity index (χ2n) is 6.66. The van der Waals surface area contributed by atoms with Gasteiger partial charge in [-0.05, 0) is 50.0 Å². The average molecular weight is 275 g/mol. The first-order valence-corrected chi connectivity index (χ1v) is 7.39. The van der Waals surface area contributed by atoms with Crippen molar-refractivity contribution >= 4 is 5.97 Å². The third-order valence-electron chi connectivity index (χ3n) is 4.45. The molecule has 1 aliphatic rings. The molecular formula is C17H25NO2. The Labute approximate surface area is 121 Å². The lowest BCUT2D eigenvalue weighted by atomic mass is 9.79. The molecule has 0 atom stereocenters. The Hall–Kier alpha value is -1.35. The second kappa shape index (κ2) is 5.96. The summed E-state index contributed by atoms with van der Waals surface area (Å²) in [7, 11) is 2.17. The monoisotopic (exact) mass is 275 g/mol. The Morgan fingerprint density at radius 2 is 2.00 bits per heavy atom. The van der Waals surface area contributed by atoms with Crippen LogP contribution in [-0.2, 0) is 10.2 Å². The van der Waals surface area contributed by atoms with E-state index in [1.54, 1.807) is 0 Å². The molecule has 0 aliphatic carbocycles. The molecule has 1 aliphatic heterocycles. The Balaban J connectivity index is 2.17. The van der Waals surface area contributed by atoms with E-state index in [1.807, 2.05) is 13.8 Å². The molecule has 2 rings (SSSR count). The number of piperidine rings is 1. The van der Waals surface area contributed by atoms with Gasteiger partial charge in [-0.1, -0.05) is 38.1 Å². The van der Waals surface area contributed by atoms with Crippen LogP contribution < -0.4 is 0 Å². The number of rotatable bonds is 4. The maximum Gasteiger partial charge on any atom is 0.304 e. The molecule has 1 aromatic carbocycles. The molecule has 0 radical (unpaired) electrons. The molecule has 1 N–H and O–H groups in total. The first-order valence-electron chi connectivity index (χ1n) is 7.39. The number of carbonyl (C=O) groups is 1. The maximum atomic E-state index is 11.0. The fourth-order valence-corrected chi connectivity index (χ4v) is 3.04. The van der Waals surface area contributed by atoms with E-state index in [0.29, 0.717) is 5.92 Å². The highest BCUT2D eigenvalue weighted by Crippen LogP contribution is 2.32. The summed E-state index contributed by atoms with van der Waals surface area (Å²) in [5, 5.41) is 9.05. The van der Waals surface area contributed by atoms with Crippen molar-refractivity contribution in [3.63, 3.8) is 0 Å². The van der Waals surface area contributed by atoms with Gasteiger partial charge in [-0.15, -0.1) is 0 Å². The highest BCUT2D eigenvalue weighted by Gasteiger charge is 2.25. The van der Waals surface area contributed by atoms with Crippen LogP contribution in [0.5, 0.6) is 0 Å². The molecular weight excluding hydrogens is 250 g/mol. The van der Waals surface area contributed by atoms with Gasteiger partial charge < -0.3 is 10.0 Å². The molecule has 110 valence electrons. The minimum Gasteiger partial charge on any atom is -0.481 e. The van der Waals surface area contributed by atoms with Crippen molar-refractivity contribution in [1.82, 2.24) is 4.90 Å². The van der Waals surface area contributed by atoms with Gasteiger partial charge in [0.1, 0.15) is 0 Å². The molecule has 1 heterocycles. The van der Waals surface area contributed by atoms with Crippen LogP contribution in [0.25, 0.3) is 0 Å². The number of likely N-dealkylation sites (tertiary alicyclic amines) is 1. The third kappa shape index (κ3) is 3.60. The summed E-state index contributed by atoms with van der Waals surface area (Å²) in [6, 6.07) is 8.54. The summed E-state index contributed by atoms with van der Waals surface area (Å²) in [4.78, 5) is 13.4. The van der Waals surface area contributed by atoms with Crippen molar-refractivity contribution in [2.24, 2.45) is 0 Å². The summed E-state index contributed by atoms with van der Waals surface area (Å²) in [6.07, 6.45) is 2.56. The molecule has 0 aromatic heterocycles. The van der Waals surface area contributed by atoms with Crippen molar-refractivity contribution in [1.29, 1.82) is 0 Å². The number of benzene rings is 1. The van der Waals surface area contributed by atoms with Gasteiger partial charge in [-0.25, -0.2) is 0 Å². The normalized spacial score (nSPS) is 18.1. The zero-order valence-electron chi connectivity index (χ0n) is 12.7. The van der Waals surface area contributed by atoms with Gasteiger partial charge in [0.15, 0.2) is 0 Å². The molecule has 0 amide bonds. The van der Waals surface area contributed by atoms with Crippen molar-refractivity contribution in [2.45, 2.75) is 44.4 Å². The van der Waals surface area contributed by atoms with Gasteiger partial charge in [0.05, 0.1) is 6.42 Å². The summed E-state index contributed by atoms with van der Waals surface area (Å²) in [5.41, 5.74) is 2.19. The van der Waals surface area contributed by atoms with Crippen LogP contribution in [0.1, 0.15) is 50.2 Å². The molecule has 20 heavy (non-hydrogen) atoms.